The van der Waals surface area contributed by atoms with E-state index in [1.807, 2.05) is 27.7 Å². The third-order valence-electron chi connectivity index (χ3n) is 4.32. The Morgan fingerprint density at radius 2 is 1.92 bits per heavy atom. The molecule has 8 heteroatoms. The lowest BCUT2D eigenvalue weighted by Crippen LogP contribution is -2.28. The van der Waals surface area contributed by atoms with E-state index in [0.29, 0.717) is 10.9 Å². The zero-order valence-electron chi connectivity index (χ0n) is 15.1. The molecule has 1 amide bonds. The molecule has 0 aliphatic rings. The highest BCUT2D eigenvalue weighted by Crippen LogP contribution is 2.18. The minimum absolute atomic E-state index is 0.136. The molecule has 0 saturated heterocycles. The van der Waals surface area contributed by atoms with E-state index < -0.39 is 0 Å². The summed E-state index contributed by atoms with van der Waals surface area (Å²) in [6, 6.07) is 5.89. The predicted octanol–water partition coefficient (Wildman–Crippen LogP) is 3.16. The van der Waals surface area contributed by atoms with Crippen LogP contribution in [0.25, 0.3) is 5.78 Å². The highest BCUT2D eigenvalue weighted by Gasteiger charge is 2.14. The number of aromatic nitrogens is 4. The highest BCUT2D eigenvalue weighted by atomic mass is 32.2. The first-order valence-corrected chi connectivity index (χ1v) is 9.22. The molecule has 136 valence electrons. The molecule has 0 radical (unpaired) electrons. The predicted molar refractivity (Wildman–Crippen MR) is 98.7 cm³/mol. The molecule has 0 saturated carbocycles. The number of rotatable bonds is 5. The van der Waals surface area contributed by atoms with Gasteiger partial charge in [-0.2, -0.15) is 4.98 Å². The fourth-order valence-corrected chi connectivity index (χ4v) is 3.18. The van der Waals surface area contributed by atoms with Crippen LogP contribution in [-0.2, 0) is 4.79 Å². The van der Waals surface area contributed by atoms with Crippen LogP contribution in [0, 0.1) is 26.6 Å². The van der Waals surface area contributed by atoms with Crippen molar-refractivity contribution >= 4 is 23.4 Å². The van der Waals surface area contributed by atoms with Crippen LogP contribution in [0.3, 0.4) is 0 Å². The number of nitrogens with one attached hydrogen (secondary N) is 1. The molecule has 2 aromatic heterocycles. The Hall–Kier alpha value is -2.48. The Kier molecular flexibility index (Phi) is 5.22. The van der Waals surface area contributed by atoms with Gasteiger partial charge in [0.2, 0.25) is 11.1 Å². The molecule has 26 heavy (non-hydrogen) atoms. The van der Waals surface area contributed by atoms with E-state index in [-0.39, 0.29) is 23.5 Å². The number of benzene rings is 1. The van der Waals surface area contributed by atoms with Crippen molar-refractivity contribution in [1.29, 1.82) is 0 Å². The van der Waals surface area contributed by atoms with Crippen LogP contribution in [0.15, 0.2) is 29.4 Å². The molecule has 1 atom stereocenters. The average molecular weight is 373 g/mol. The van der Waals surface area contributed by atoms with Crippen LogP contribution in [0.5, 0.6) is 0 Å². The lowest BCUT2D eigenvalue weighted by Gasteiger charge is -2.13. The van der Waals surface area contributed by atoms with Crippen molar-refractivity contribution in [3.05, 3.63) is 52.6 Å². The highest BCUT2D eigenvalue weighted by molar-refractivity contribution is 7.99. The second-order valence-corrected chi connectivity index (χ2v) is 7.09. The van der Waals surface area contributed by atoms with Gasteiger partial charge in [-0.3, -0.25) is 4.79 Å². The molecule has 2 heterocycles. The van der Waals surface area contributed by atoms with E-state index in [4.69, 9.17) is 0 Å². The molecular weight excluding hydrogens is 353 g/mol. The number of nitrogens with zero attached hydrogens (tertiary/aromatic N) is 4. The molecule has 0 spiro atoms. The fraction of sp³-hybridized carbons (Fsp3) is 0.333. The summed E-state index contributed by atoms with van der Waals surface area (Å²) < 4.78 is 14.7. The summed E-state index contributed by atoms with van der Waals surface area (Å²) in [4.78, 5) is 21.0. The lowest BCUT2D eigenvalue weighted by molar-refractivity contribution is -0.119. The van der Waals surface area contributed by atoms with Crippen LogP contribution < -0.4 is 5.32 Å². The molecule has 0 bridgehead atoms. The van der Waals surface area contributed by atoms with Crippen molar-refractivity contribution < 1.29 is 9.18 Å². The number of carbonyl (C=O) groups is 1. The Balaban J connectivity index is 1.63. The third-order valence-corrected chi connectivity index (χ3v) is 5.16. The van der Waals surface area contributed by atoms with E-state index in [2.05, 4.69) is 20.4 Å². The number of fused-ring (bicyclic) bond motifs is 1. The summed E-state index contributed by atoms with van der Waals surface area (Å²) in [5, 5.41) is 7.82. The molecule has 1 unspecified atom stereocenters. The van der Waals surface area contributed by atoms with E-state index >= 15 is 0 Å². The first-order valence-electron chi connectivity index (χ1n) is 8.23. The number of amides is 1. The van der Waals surface area contributed by atoms with Crippen LogP contribution in [-0.4, -0.2) is 31.2 Å². The summed E-state index contributed by atoms with van der Waals surface area (Å²) >= 11 is 1.26. The van der Waals surface area contributed by atoms with E-state index in [9.17, 15) is 9.18 Å². The Morgan fingerprint density at radius 3 is 2.62 bits per heavy atom. The Morgan fingerprint density at radius 1 is 1.23 bits per heavy atom. The van der Waals surface area contributed by atoms with Gasteiger partial charge in [0, 0.05) is 11.4 Å². The fourth-order valence-electron chi connectivity index (χ4n) is 2.55. The topological polar surface area (TPSA) is 72.2 Å². The minimum Gasteiger partial charge on any atom is -0.349 e. The summed E-state index contributed by atoms with van der Waals surface area (Å²) in [7, 11) is 0. The van der Waals surface area contributed by atoms with Gasteiger partial charge >= 0.3 is 0 Å². The number of aryl methyl sites for hydroxylation is 2. The van der Waals surface area contributed by atoms with Gasteiger partial charge in [0.15, 0.2) is 0 Å². The van der Waals surface area contributed by atoms with Gasteiger partial charge in [-0.15, -0.1) is 5.10 Å². The van der Waals surface area contributed by atoms with Crippen molar-refractivity contribution in [3.8, 4) is 0 Å². The number of halogens is 1. The van der Waals surface area contributed by atoms with Gasteiger partial charge in [0.1, 0.15) is 5.82 Å². The largest absolute Gasteiger partial charge is 0.349 e. The van der Waals surface area contributed by atoms with Gasteiger partial charge < -0.3 is 5.32 Å². The Bertz CT molecular complexity index is 954. The van der Waals surface area contributed by atoms with Crippen molar-refractivity contribution in [2.75, 3.05) is 5.75 Å². The summed E-state index contributed by atoms with van der Waals surface area (Å²) in [5.74, 6) is 0.297. The van der Waals surface area contributed by atoms with Crippen molar-refractivity contribution in [3.63, 3.8) is 0 Å². The van der Waals surface area contributed by atoms with Crippen molar-refractivity contribution in [2.45, 2.75) is 38.9 Å². The quantitative estimate of drug-likeness (QED) is 0.696. The number of thioether (sulfide) groups is 1. The van der Waals surface area contributed by atoms with E-state index in [1.54, 1.807) is 16.6 Å². The van der Waals surface area contributed by atoms with Gasteiger partial charge in [0.25, 0.3) is 5.78 Å². The molecule has 3 rings (SSSR count). The number of hydrogen-bond donors (Lipinski definition) is 1. The summed E-state index contributed by atoms with van der Waals surface area (Å²) in [5.41, 5.74) is 3.83. The molecule has 0 aliphatic heterocycles. The molecule has 3 aromatic rings. The van der Waals surface area contributed by atoms with Crippen LogP contribution in [0.2, 0.25) is 0 Å². The average Bonchev–Trinajstić information content (AvgIpc) is 3.01. The van der Waals surface area contributed by atoms with Crippen LogP contribution >= 0.6 is 11.8 Å². The summed E-state index contributed by atoms with van der Waals surface area (Å²) in [6.07, 6.45) is 0. The van der Waals surface area contributed by atoms with Crippen molar-refractivity contribution in [1.82, 2.24) is 24.9 Å². The maximum absolute atomic E-state index is 13.0. The summed E-state index contributed by atoms with van der Waals surface area (Å²) in [6.45, 7) is 7.76. The second-order valence-electron chi connectivity index (χ2n) is 6.14. The third kappa shape index (κ3) is 3.85. The van der Waals surface area contributed by atoms with E-state index in [0.717, 1.165) is 22.5 Å². The first kappa shape index (κ1) is 18.3. The molecule has 0 aliphatic carbocycles. The smallest absolute Gasteiger partial charge is 0.253 e. The number of hydrogen-bond acceptors (Lipinski definition) is 5. The monoisotopic (exact) mass is 373 g/mol. The molecule has 1 N–H and O–H groups in total. The Labute approximate surface area is 155 Å². The van der Waals surface area contributed by atoms with Gasteiger partial charge in [-0.05, 0) is 51.0 Å². The number of carbonyl (C=O) groups excluding carboxylic acids is 1. The second kappa shape index (κ2) is 7.41. The molecule has 6 nitrogen and oxygen atoms in total. The van der Waals surface area contributed by atoms with E-state index in [1.165, 1.54) is 23.9 Å². The van der Waals surface area contributed by atoms with Gasteiger partial charge in [0.05, 0.1) is 11.8 Å². The lowest BCUT2D eigenvalue weighted by atomic mass is 10.1. The minimum atomic E-state index is -0.296. The van der Waals surface area contributed by atoms with Crippen molar-refractivity contribution in [2.24, 2.45) is 0 Å². The van der Waals surface area contributed by atoms with Crippen LogP contribution in [0.1, 0.15) is 35.5 Å². The van der Waals surface area contributed by atoms with Gasteiger partial charge in [-0.25, -0.2) is 13.9 Å². The molecule has 1 aromatic carbocycles. The SMILES string of the molecule is Cc1nc2nc(SCC(=O)NC(C)c3ccc(F)cc3)nn2c(C)c1C. The standard InChI is InChI=1S/C18H20FN5OS/c1-10-11(2)21-17-22-18(23-24(17)13(10)4)26-9-16(25)20-12(3)14-5-7-15(19)8-6-14/h5-8,12H,9H2,1-4H3,(H,20,25). The van der Waals surface area contributed by atoms with Gasteiger partial charge in [-0.1, -0.05) is 23.9 Å². The maximum Gasteiger partial charge on any atom is 0.253 e. The first-order chi connectivity index (χ1) is 12.3. The maximum atomic E-state index is 13.0. The normalized spacial score (nSPS) is 12.3. The zero-order valence-corrected chi connectivity index (χ0v) is 15.9. The van der Waals surface area contributed by atoms with Crippen LogP contribution in [0.4, 0.5) is 4.39 Å². The molecule has 0 fully saturated rings. The zero-order chi connectivity index (χ0) is 18.8. The molecular formula is C18H20FN5OS.